The summed E-state index contributed by atoms with van der Waals surface area (Å²) in [6, 6.07) is 6.12. The molecule has 2 heterocycles. The number of rotatable bonds is 6. The molecule has 3 aromatic rings. The minimum absolute atomic E-state index is 0.0203. The molecule has 0 saturated carbocycles. The fourth-order valence-corrected chi connectivity index (χ4v) is 5.22. The van der Waals surface area contributed by atoms with Gasteiger partial charge in [-0.25, -0.2) is 13.4 Å². The second-order valence-corrected chi connectivity index (χ2v) is 11.0. The Morgan fingerprint density at radius 2 is 1.77 bits per heavy atom. The summed E-state index contributed by atoms with van der Waals surface area (Å²) in [5.41, 5.74) is -2.91. The number of hydrogen-bond acceptors (Lipinski definition) is 5. The molecule has 1 aromatic carbocycles. The SMILES string of the molecule is CC(C)Cc1cc(-c2nc(-c3c(Cl)cc(CS(=O)(=O)C(F)(F)F)cc3Cl)cs2)ccn1. The van der Waals surface area contributed by atoms with Crippen LogP contribution in [0.2, 0.25) is 10.0 Å². The molecule has 31 heavy (non-hydrogen) atoms. The Kier molecular flexibility index (Phi) is 7.00. The molecule has 0 unspecified atom stereocenters. The highest BCUT2D eigenvalue weighted by Crippen LogP contribution is 2.39. The maximum Gasteiger partial charge on any atom is 0.497 e. The summed E-state index contributed by atoms with van der Waals surface area (Å²) in [5.74, 6) is -0.791. The minimum Gasteiger partial charge on any atom is -0.261 e. The summed E-state index contributed by atoms with van der Waals surface area (Å²) in [4.78, 5) is 8.92. The van der Waals surface area contributed by atoms with Crippen LogP contribution in [0, 0.1) is 5.92 Å². The Bertz CT molecular complexity index is 1190. The van der Waals surface area contributed by atoms with Crippen molar-refractivity contribution in [3.05, 3.63) is 57.1 Å². The normalized spacial score (nSPS) is 12.5. The van der Waals surface area contributed by atoms with E-state index in [1.165, 1.54) is 11.3 Å². The van der Waals surface area contributed by atoms with Gasteiger partial charge in [0.15, 0.2) is 0 Å². The fourth-order valence-electron chi connectivity index (χ4n) is 2.92. The lowest BCUT2D eigenvalue weighted by molar-refractivity contribution is -0.0437. The molecular weight excluding hydrogens is 492 g/mol. The van der Waals surface area contributed by atoms with Gasteiger partial charge >= 0.3 is 5.51 Å². The van der Waals surface area contributed by atoms with Gasteiger partial charge in [0.1, 0.15) is 5.01 Å². The number of benzene rings is 1. The van der Waals surface area contributed by atoms with Gasteiger partial charge < -0.3 is 0 Å². The van der Waals surface area contributed by atoms with Crippen LogP contribution in [0.5, 0.6) is 0 Å². The van der Waals surface area contributed by atoms with Crippen molar-refractivity contribution >= 4 is 44.4 Å². The maximum absolute atomic E-state index is 12.7. The number of sulfone groups is 1. The predicted octanol–water partition coefficient (Wildman–Crippen LogP) is 6.81. The van der Waals surface area contributed by atoms with E-state index in [1.54, 1.807) is 11.6 Å². The molecule has 0 amide bonds. The van der Waals surface area contributed by atoms with E-state index in [-0.39, 0.29) is 15.6 Å². The van der Waals surface area contributed by atoms with Crippen LogP contribution in [0.1, 0.15) is 25.1 Å². The molecule has 0 atom stereocenters. The number of hydrogen-bond donors (Lipinski definition) is 0. The third-order valence-corrected chi connectivity index (χ3v) is 7.16. The first-order valence-electron chi connectivity index (χ1n) is 9.05. The highest BCUT2D eigenvalue weighted by atomic mass is 35.5. The van der Waals surface area contributed by atoms with Crippen molar-refractivity contribution in [1.82, 2.24) is 9.97 Å². The number of nitrogens with zero attached hydrogens (tertiary/aromatic N) is 2. The monoisotopic (exact) mass is 508 g/mol. The third-order valence-electron chi connectivity index (χ3n) is 4.25. The zero-order valence-electron chi connectivity index (χ0n) is 16.4. The van der Waals surface area contributed by atoms with E-state index < -0.39 is 21.1 Å². The van der Waals surface area contributed by atoms with Crippen molar-refractivity contribution in [2.45, 2.75) is 31.5 Å². The van der Waals surface area contributed by atoms with E-state index >= 15 is 0 Å². The number of thiazole rings is 1. The summed E-state index contributed by atoms with van der Waals surface area (Å²) in [7, 11) is -5.34. The maximum atomic E-state index is 12.7. The molecule has 0 bridgehead atoms. The summed E-state index contributed by atoms with van der Waals surface area (Å²) >= 11 is 13.8. The largest absolute Gasteiger partial charge is 0.497 e. The number of alkyl halides is 3. The van der Waals surface area contributed by atoms with Gasteiger partial charge in [0.2, 0.25) is 0 Å². The van der Waals surface area contributed by atoms with Crippen molar-refractivity contribution in [3.63, 3.8) is 0 Å². The molecule has 2 aromatic heterocycles. The zero-order chi connectivity index (χ0) is 23.0. The molecule has 0 aliphatic rings. The minimum atomic E-state index is -5.35. The zero-order valence-corrected chi connectivity index (χ0v) is 19.5. The van der Waals surface area contributed by atoms with Crippen LogP contribution in [0.4, 0.5) is 13.2 Å². The summed E-state index contributed by atoms with van der Waals surface area (Å²) in [6.07, 6.45) is 2.54. The first-order chi connectivity index (χ1) is 14.4. The molecule has 0 fully saturated rings. The van der Waals surface area contributed by atoms with E-state index in [1.807, 2.05) is 12.1 Å². The molecule has 0 N–H and O–H groups in total. The Balaban J connectivity index is 1.92. The summed E-state index contributed by atoms with van der Waals surface area (Å²) < 4.78 is 60.8. The lowest BCUT2D eigenvalue weighted by Gasteiger charge is -2.11. The second kappa shape index (κ2) is 9.05. The Morgan fingerprint density at radius 1 is 1.13 bits per heavy atom. The number of pyridine rings is 1. The van der Waals surface area contributed by atoms with Gasteiger partial charge in [-0.2, -0.15) is 13.2 Å². The second-order valence-electron chi connectivity index (χ2n) is 7.31. The lowest BCUT2D eigenvalue weighted by atomic mass is 10.1. The molecule has 3 rings (SSSR count). The van der Waals surface area contributed by atoms with Crippen LogP contribution in [0.3, 0.4) is 0 Å². The highest BCUT2D eigenvalue weighted by Gasteiger charge is 2.45. The Labute approximate surface area is 192 Å². The van der Waals surface area contributed by atoms with E-state index in [4.69, 9.17) is 23.2 Å². The van der Waals surface area contributed by atoms with E-state index in [0.717, 1.165) is 29.8 Å². The van der Waals surface area contributed by atoms with Crippen molar-refractivity contribution in [1.29, 1.82) is 0 Å². The van der Waals surface area contributed by atoms with Crippen LogP contribution in [-0.4, -0.2) is 23.9 Å². The van der Waals surface area contributed by atoms with Crippen LogP contribution in [0.15, 0.2) is 35.8 Å². The molecule has 0 aliphatic carbocycles. The van der Waals surface area contributed by atoms with Gasteiger partial charge in [-0.1, -0.05) is 37.0 Å². The standard InChI is InChI=1S/C20H17Cl2F3N2O2S2/c1-11(2)5-14-8-13(3-4-26-14)19-27-17(9-30-19)18-15(21)6-12(7-16(18)22)10-31(28,29)20(23,24)25/h3-4,6-9,11H,5,10H2,1-2H3. The fraction of sp³-hybridized carbons (Fsp3) is 0.300. The molecule has 0 spiro atoms. The van der Waals surface area contributed by atoms with Crippen molar-refractivity contribution in [3.8, 4) is 21.8 Å². The molecule has 4 nitrogen and oxygen atoms in total. The third kappa shape index (κ3) is 5.58. The molecule has 0 saturated heterocycles. The average Bonchev–Trinajstić information content (AvgIpc) is 3.09. The molecule has 166 valence electrons. The summed E-state index contributed by atoms with van der Waals surface area (Å²) in [6.45, 7) is 4.20. The number of halogens is 5. The van der Waals surface area contributed by atoms with Gasteiger partial charge in [-0.05, 0) is 42.2 Å². The van der Waals surface area contributed by atoms with Gasteiger partial charge in [0, 0.05) is 28.4 Å². The van der Waals surface area contributed by atoms with Crippen molar-refractivity contribution < 1.29 is 21.6 Å². The smallest absolute Gasteiger partial charge is 0.261 e. The molecule has 11 heteroatoms. The predicted molar refractivity (Wildman–Crippen MR) is 118 cm³/mol. The van der Waals surface area contributed by atoms with E-state index in [2.05, 4.69) is 23.8 Å². The molecule has 0 aliphatic heterocycles. The summed E-state index contributed by atoms with van der Waals surface area (Å²) in [5, 5.41) is 2.48. The van der Waals surface area contributed by atoms with Gasteiger partial charge in [0.05, 0.1) is 21.5 Å². The molecular formula is C20H17Cl2F3N2O2S2. The van der Waals surface area contributed by atoms with E-state index in [0.29, 0.717) is 22.2 Å². The first-order valence-corrected chi connectivity index (χ1v) is 12.3. The van der Waals surface area contributed by atoms with Crippen LogP contribution in [-0.2, 0) is 22.0 Å². The quantitative estimate of drug-likeness (QED) is 0.366. The van der Waals surface area contributed by atoms with Crippen LogP contribution < -0.4 is 0 Å². The lowest BCUT2D eigenvalue weighted by Crippen LogP contribution is -2.24. The average molecular weight is 509 g/mol. The van der Waals surface area contributed by atoms with Gasteiger partial charge in [-0.3, -0.25) is 4.98 Å². The van der Waals surface area contributed by atoms with Crippen LogP contribution in [0.25, 0.3) is 21.8 Å². The van der Waals surface area contributed by atoms with Crippen molar-refractivity contribution in [2.24, 2.45) is 5.92 Å². The Morgan fingerprint density at radius 3 is 2.35 bits per heavy atom. The first kappa shape index (κ1) is 24.0. The topological polar surface area (TPSA) is 59.9 Å². The van der Waals surface area contributed by atoms with Gasteiger partial charge in [0.25, 0.3) is 9.84 Å². The number of aromatic nitrogens is 2. The Hall–Kier alpha value is -1.68. The highest BCUT2D eigenvalue weighted by molar-refractivity contribution is 7.91. The van der Waals surface area contributed by atoms with E-state index in [9.17, 15) is 21.6 Å². The van der Waals surface area contributed by atoms with Crippen LogP contribution >= 0.6 is 34.5 Å². The van der Waals surface area contributed by atoms with Gasteiger partial charge in [-0.15, -0.1) is 11.3 Å². The molecule has 0 radical (unpaired) electrons. The van der Waals surface area contributed by atoms with Crippen molar-refractivity contribution in [2.75, 3.05) is 0 Å².